The van der Waals surface area contributed by atoms with Crippen molar-refractivity contribution in [2.24, 2.45) is 5.92 Å². The molecular formula is C17H19BrN2O3S. The first-order valence-corrected chi connectivity index (χ1v) is 9.21. The number of benzene rings is 1. The Morgan fingerprint density at radius 2 is 1.96 bits per heavy atom. The van der Waals surface area contributed by atoms with E-state index in [1.807, 2.05) is 6.07 Å². The molecule has 2 N–H and O–H groups in total. The number of ether oxygens (including phenoxy) is 1. The molecule has 0 unspecified atom stereocenters. The second kappa shape index (κ2) is 8.84. The molecule has 0 aliphatic carbocycles. The summed E-state index contributed by atoms with van der Waals surface area (Å²) in [6.07, 6.45) is 0.895. The molecule has 0 saturated heterocycles. The van der Waals surface area contributed by atoms with Crippen LogP contribution < -0.4 is 15.6 Å². The Balaban J connectivity index is 2.01. The van der Waals surface area contributed by atoms with Gasteiger partial charge >= 0.3 is 0 Å². The minimum absolute atomic E-state index is 0.351. The molecule has 0 saturated carbocycles. The van der Waals surface area contributed by atoms with Crippen molar-refractivity contribution in [2.75, 3.05) is 6.61 Å². The van der Waals surface area contributed by atoms with Crippen LogP contribution in [0.4, 0.5) is 0 Å². The standard InChI is InChI=1S/C17H19BrN2O3S/c1-11(2)7-8-23-14-6-5-12(18)10-13(14)16(21)19-20-17(22)15-4-3-9-24-15/h3-6,9-11H,7-8H2,1-2H3,(H,19,21)(H,20,22). The van der Waals surface area contributed by atoms with Crippen LogP contribution in [0.3, 0.4) is 0 Å². The first kappa shape index (κ1) is 18.5. The lowest BCUT2D eigenvalue weighted by atomic mass is 10.1. The molecule has 7 heteroatoms. The molecular weight excluding hydrogens is 392 g/mol. The van der Waals surface area contributed by atoms with Gasteiger partial charge in [-0.2, -0.15) is 0 Å². The van der Waals surface area contributed by atoms with Crippen molar-refractivity contribution in [3.8, 4) is 5.75 Å². The van der Waals surface area contributed by atoms with E-state index < -0.39 is 5.91 Å². The van der Waals surface area contributed by atoms with Crippen molar-refractivity contribution in [3.63, 3.8) is 0 Å². The van der Waals surface area contributed by atoms with Crippen LogP contribution in [0.1, 0.15) is 40.3 Å². The molecule has 5 nitrogen and oxygen atoms in total. The molecule has 2 amide bonds. The summed E-state index contributed by atoms with van der Waals surface area (Å²) in [6.45, 7) is 4.75. The maximum atomic E-state index is 12.4. The van der Waals surface area contributed by atoms with Gasteiger partial charge in [-0.15, -0.1) is 11.3 Å². The van der Waals surface area contributed by atoms with Crippen molar-refractivity contribution in [2.45, 2.75) is 20.3 Å². The summed E-state index contributed by atoms with van der Waals surface area (Å²) in [7, 11) is 0. The minimum atomic E-state index is -0.430. The molecule has 1 aromatic heterocycles. The van der Waals surface area contributed by atoms with E-state index in [2.05, 4.69) is 40.6 Å². The molecule has 0 bridgehead atoms. The molecule has 128 valence electrons. The highest BCUT2D eigenvalue weighted by Gasteiger charge is 2.15. The number of amides is 2. The zero-order valence-corrected chi connectivity index (χ0v) is 15.9. The molecule has 0 spiro atoms. The predicted octanol–water partition coefficient (Wildman–Crippen LogP) is 4.01. The maximum Gasteiger partial charge on any atom is 0.279 e. The summed E-state index contributed by atoms with van der Waals surface area (Å²) < 4.78 is 6.47. The van der Waals surface area contributed by atoms with Crippen LogP contribution >= 0.6 is 27.3 Å². The lowest BCUT2D eigenvalue weighted by Gasteiger charge is -2.13. The molecule has 0 aliphatic rings. The Bertz CT molecular complexity index is 702. The third kappa shape index (κ3) is 5.35. The molecule has 24 heavy (non-hydrogen) atoms. The molecule has 1 heterocycles. The molecule has 0 atom stereocenters. The lowest BCUT2D eigenvalue weighted by Crippen LogP contribution is -2.41. The van der Waals surface area contributed by atoms with E-state index in [1.54, 1.807) is 29.6 Å². The Labute approximate surface area is 153 Å². The van der Waals surface area contributed by atoms with Gasteiger partial charge in [0.05, 0.1) is 17.0 Å². The number of carbonyl (C=O) groups is 2. The first-order chi connectivity index (χ1) is 11.5. The van der Waals surface area contributed by atoms with Gasteiger partial charge in [-0.25, -0.2) is 0 Å². The highest BCUT2D eigenvalue weighted by Crippen LogP contribution is 2.23. The van der Waals surface area contributed by atoms with Gasteiger partial charge in [0.1, 0.15) is 5.75 Å². The quantitative estimate of drug-likeness (QED) is 0.706. The van der Waals surface area contributed by atoms with Crippen molar-refractivity contribution in [1.82, 2.24) is 10.9 Å². The van der Waals surface area contributed by atoms with Gasteiger partial charge in [0.2, 0.25) is 0 Å². The number of thiophene rings is 1. The smallest absolute Gasteiger partial charge is 0.279 e. The van der Waals surface area contributed by atoms with Gasteiger partial charge in [-0.1, -0.05) is 35.8 Å². The van der Waals surface area contributed by atoms with Gasteiger partial charge < -0.3 is 4.74 Å². The van der Waals surface area contributed by atoms with Crippen molar-refractivity contribution >= 4 is 39.1 Å². The van der Waals surface area contributed by atoms with Gasteiger partial charge in [0.15, 0.2) is 0 Å². The van der Waals surface area contributed by atoms with Crippen LogP contribution in [0, 0.1) is 5.92 Å². The van der Waals surface area contributed by atoms with E-state index in [0.29, 0.717) is 28.7 Å². The summed E-state index contributed by atoms with van der Waals surface area (Å²) in [5.74, 6) is 0.223. The molecule has 0 radical (unpaired) electrons. The number of hydrogen-bond donors (Lipinski definition) is 2. The van der Waals surface area contributed by atoms with Crippen molar-refractivity contribution in [3.05, 3.63) is 50.6 Å². The molecule has 2 aromatic rings. The Morgan fingerprint density at radius 1 is 1.21 bits per heavy atom. The number of rotatable bonds is 6. The molecule has 2 rings (SSSR count). The highest BCUT2D eigenvalue weighted by atomic mass is 79.9. The summed E-state index contributed by atoms with van der Waals surface area (Å²) in [6, 6.07) is 8.67. The molecule has 0 aliphatic heterocycles. The minimum Gasteiger partial charge on any atom is -0.493 e. The number of nitrogens with one attached hydrogen (secondary N) is 2. The van der Waals surface area contributed by atoms with E-state index in [1.165, 1.54) is 11.3 Å². The number of hydrogen-bond acceptors (Lipinski definition) is 4. The fraction of sp³-hybridized carbons (Fsp3) is 0.294. The summed E-state index contributed by atoms with van der Waals surface area (Å²) in [4.78, 5) is 24.8. The zero-order chi connectivity index (χ0) is 17.5. The number of hydrazine groups is 1. The fourth-order valence-corrected chi connectivity index (χ4v) is 2.84. The van der Waals surface area contributed by atoms with Gasteiger partial charge in [0, 0.05) is 4.47 Å². The second-order valence-electron chi connectivity index (χ2n) is 5.56. The van der Waals surface area contributed by atoms with Crippen molar-refractivity contribution in [1.29, 1.82) is 0 Å². The Hall–Kier alpha value is -1.86. The zero-order valence-electron chi connectivity index (χ0n) is 13.5. The van der Waals surface area contributed by atoms with Crippen molar-refractivity contribution < 1.29 is 14.3 Å². The van der Waals surface area contributed by atoms with Gasteiger partial charge in [-0.05, 0) is 42.0 Å². The van der Waals surface area contributed by atoms with E-state index in [4.69, 9.17) is 4.74 Å². The number of halogens is 1. The van der Waals surface area contributed by atoms with Crippen LogP contribution in [0.15, 0.2) is 40.2 Å². The molecule has 1 aromatic carbocycles. The molecule has 0 fully saturated rings. The largest absolute Gasteiger partial charge is 0.493 e. The number of carbonyl (C=O) groups excluding carboxylic acids is 2. The van der Waals surface area contributed by atoms with Crippen LogP contribution in [0.5, 0.6) is 5.75 Å². The Morgan fingerprint density at radius 3 is 2.62 bits per heavy atom. The van der Waals surface area contributed by atoms with Crippen LogP contribution in [-0.2, 0) is 0 Å². The lowest BCUT2D eigenvalue weighted by molar-refractivity contribution is 0.0846. The van der Waals surface area contributed by atoms with E-state index in [0.717, 1.165) is 10.9 Å². The monoisotopic (exact) mass is 410 g/mol. The topological polar surface area (TPSA) is 67.4 Å². The fourth-order valence-electron chi connectivity index (χ4n) is 1.86. The summed E-state index contributed by atoms with van der Waals surface area (Å²) in [5.41, 5.74) is 5.19. The van der Waals surface area contributed by atoms with Crippen LogP contribution in [0.2, 0.25) is 0 Å². The Kier molecular flexibility index (Phi) is 6.81. The van der Waals surface area contributed by atoms with Crippen LogP contribution in [0.25, 0.3) is 0 Å². The third-order valence-corrected chi connectivity index (χ3v) is 4.54. The van der Waals surface area contributed by atoms with E-state index >= 15 is 0 Å². The van der Waals surface area contributed by atoms with Gasteiger partial charge in [0.25, 0.3) is 11.8 Å². The average molecular weight is 411 g/mol. The first-order valence-electron chi connectivity index (χ1n) is 7.54. The van der Waals surface area contributed by atoms with Crippen LogP contribution in [-0.4, -0.2) is 18.4 Å². The third-order valence-electron chi connectivity index (χ3n) is 3.17. The normalized spacial score (nSPS) is 10.5. The maximum absolute atomic E-state index is 12.4. The SMILES string of the molecule is CC(C)CCOc1ccc(Br)cc1C(=O)NNC(=O)c1cccs1. The van der Waals surface area contributed by atoms with Gasteiger partial charge in [-0.3, -0.25) is 20.4 Å². The highest BCUT2D eigenvalue weighted by molar-refractivity contribution is 9.10. The average Bonchev–Trinajstić information content (AvgIpc) is 3.07. The summed E-state index contributed by atoms with van der Waals surface area (Å²) >= 11 is 4.65. The summed E-state index contributed by atoms with van der Waals surface area (Å²) in [5, 5.41) is 1.80. The predicted molar refractivity (Wildman–Crippen MR) is 98.3 cm³/mol. The van der Waals surface area contributed by atoms with E-state index in [9.17, 15) is 9.59 Å². The van der Waals surface area contributed by atoms with E-state index in [-0.39, 0.29) is 5.91 Å². The second-order valence-corrected chi connectivity index (χ2v) is 7.42.